The lowest BCUT2D eigenvalue weighted by atomic mass is 10.1. The number of thiophene rings is 1. The average molecular weight is 408 g/mol. The lowest BCUT2D eigenvalue weighted by Gasteiger charge is -2.10. The Bertz CT molecular complexity index is 1090. The summed E-state index contributed by atoms with van der Waals surface area (Å²) in [5.41, 5.74) is 4.58. The van der Waals surface area contributed by atoms with Crippen LogP contribution in [0.3, 0.4) is 0 Å². The summed E-state index contributed by atoms with van der Waals surface area (Å²) < 4.78 is 5.57. The molecule has 0 spiro atoms. The van der Waals surface area contributed by atoms with Gasteiger partial charge >= 0.3 is 0 Å². The summed E-state index contributed by atoms with van der Waals surface area (Å²) >= 11 is 1.61. The van der Waals surface area contributed by atoms with Gasteiger partial charge in [-0.2, -0.15) is 0 Å². The molecule has 0 amide bonds. The third-order valence-electron chi connectivity index (χ3n) is 4.64. The van der Waals surface area contributed by atoms with Gasteiger partial charge in [-0.15, -0.1) is 11.3 Å². The zero-order valence-electron chi connectivity index (χ0n) is 16.7. The van der Waals surface area contributed by atoms with Crippen LogP contribution in [0.2, 0.25) is 0 Å². The van der Waals surface area contributed by atoms with Crippen LogP contribution in [0.5, 0.6) is 0 Å². The van der Waals surface area contributed by atoms with Crippen molar-refractivity contribution in [1.82, 2.24) is 20.6 Å². The first kappa shape index (κ1) is 19.3. The van der Waals surface area contributed by atoms with Gasteiger partial charge in [0, 0.05) is 30.2 Å². The van der Waals surface area contributed by atoms with E-state index in [0.29, 0.717) is 12.4 Å². The number of aliphatic imine (C=N–C) groups is 1. The second kappa shape index (κ2) is 8.96. The van der Waals surface area contributed by atoms with Gasteiger partial charge in [-0.25, -0.2) is 9.98 Å². The van der Waals surface area contributed by atoms with E-state index in [0.717, 1.165) is 36.0 Å². The molecular weight excluding hydrogens is 382 g/mol. The number of guanidine groups is 1. The predicted octanol–water partition coefficient (Wildman–Crippen LogP) is 4.49. The average Bonchev–Trinajstić information content (AvgIpc) is 3.46. The third kappa shape index (κ3) is 4.68. The van der Waals surface area contributed by atoms with E-state index in [1.165, 1.54) is 22.0 Å². The highest BCUT2D eigenvalue weighted by atomic mass is 32.1. The molecule has 3 heterocycles. The van der Waals surface area contributed by atoms with Gasteiger partial charge < -0.3 is 20.0 Å². The van der Waals surface area contributed by atoms with Gasteiger partial charge in [-0.05, 0) is 48.9 Å². The molecule has 4 aromatic rings. The van der Waals surface area contributed by atoms with Gasteiger partial charge in [0.05, 0.1) is 11.4 Å². The van der Waals surface area contributed by atoms with Crippen LogP contribution in [0.15, 0.2) is 57.6 Å². The standard InChI is InChI=1S/C22H25N5OS/c1-3-23-22(26-13-17-14-28-21(27-17)20-5-4-10-29-20)24-9-8-16-12-25-19-11-15(2)6-7-18(16)19/h4-7,10-12,14,25H,3,8-9,13H2,1-2H3,(H2,23,24,26). The Labute approximate surface area is 174 Å². The maximum atomic E-state index is 5.57. The third-order valence-corrected chi connectivity index (χ3v) is 5.49. The van der Waals surface area contributed by atoms with Gasteiger partial charge in [-0.1, -0.05) is 18.2 Å². The van der Waals surface area contributed by atoms with Crippen molar-refractivity contribution in [3.05, 3.63) is 65.0 Å². The van der Waals surface area contributed by atoms with Crippen LogP contribution in [0.1, 0.15) is 23.7 Å². The summed E-state index contributed by atoms with van der Waals surface area (Å²) in [4.78, 5) is 13.6. The molecule has 7 heteroatoms. The van der Waals surface area contributed by atoms with E-state index < -0.39 is 0 Å². The van der Waals surface area contributed by atoms with Crippen molar-refractivity contribution in [2.24, 2.45) is 4.99 Å². The van der Waals surface area contributed by atoms with Crippen molar-refractivity contribution < 1.29 is 4.42 Å². The number of hydrogen-bond acceptors (Lipinski definition) is 4. The Morgan fingerprint density at radius 3 is 3.03 bits per heavy atom. The van der Waals surface area contributed by atoms with Crippen molar-refractivity contribution in [2.75, 3.05) is 13.1 Å². The zero-order valence-corrected chi connectivity index (χ0v) is 17.5. The van der Waals surface area contributed by atoms with Crippen molar-refractivity contribution in [3.8, 4) is 10.8 Å². The number of nitrogens with zero attached hydrogens (tertiary/aromatic N) is 2. The smallest absolute Gasteiger partial charge is 0.236 e. The summed E-state index contributed by atoms with van der Waals surface area (Å²) in [6.07, 6.45) is 4.69. The Morgan fingerprint density at radius 1 is 1.28 bits per heavy atom. The van der Waals surface area contributed by atoms with E-state index in [-0.39, 0.29) is 0 Å². The SMILES string of the molecule is CCNC(=NCc1coc(-c2cccs2)n1)NCCc1c[nH]c2cc(C)ccc12. The number of aromatic nitrogens is 2. The quantitative estimate of drug-likeness (QED) is 0.312. The predicted molar refractivity (Wildman–Crippen MR) is 119 cm³/mol. The number of nitrogens with one attached hydrogen (secondary N) is 3. The Morgan fingerprint density at radius 2 is 2.21 bits per heavy atom. The second-order valence-electron chi connectivity index (χ2n) is 6.86. The molecular formula is C22H25N5OS. The van der Waals surface area contributed by atoms with Crippen molar-refractivity contribution >= 4 is 28.2 Å². The summed E-state index contributed by atoms with van der Waals surface area (Å²) in [6, 6.07) is 10.5. The molecule has 1 aromatic carbocycles. The molecule has 0 saturated heterocycles. The molecule has 6 nitrogen and oxygen atoms in total. The molecule has 29 heavy (non-hydrogen) atoms. The topological polar surface area (TPSA) is 78.2 Å². The minimum absolute atomic E-state index is 0.469. The number of fused-ring (bicyclic) bond motifs is 1. The maximum absolute atomic E-state index is 5.57. The van der Waals surface area contributed by atoms with Crippen LogP contribution in [-0.2, 0) is 13.0 Å². The van der Waals surface area contributed by atoms with Gasteiger partial charge in [0.1, 0.15) is 12.0 Å². The first-order valence-corrected chi connectivity index (χ1v) is 10.7. The number of aromatic amines is 1. The molecule has 3 aromatic heterocycles. The highest BCUT2D eigenvalue weighted by Gasteiger charge is 2.08. The zero-order chi connectivity index (χ0) is 20.1. The van der Waals surface area contributed by atoms with Crippen LogP contribution in [-0.4, -0.2) is 29.0 Å². The Kier molecular flexibility index (Phi) is 5.95. The highest BCUT2D eigenvalue weighted by molar-refractivity contribution is 7.13. The fourth-order valence-electron chi connectivity index (χ4n) is 3.22. The summed E-state index contributed by atoms with van der Waals surface area (Å²) in [5.74, 6) is 1.43. The molecule has 150 valence electrons. The fourth-order valence-corrected chi connectivity index (χ4v) is 3.87. The largest absolute Gasteiger partial charge is 0.443 e. The normalized spacial score (nSPS) is 11.9. The molecule has 0 aliphatic heterocycles. The number of rotatable bonds is 7. The minimum atomic E-state index is 0.469. The molecule has 0 bridgehead atoms. The van der Waals surface area contributed by atoms with E-state index in [2.05, 4.69) is 63.8 Å². The van der Waals surface area contributed by atoms with Gasteiger partial charge in [0.25, 0.3) is 0 Å². The van der Waals surface area contributed by atoms with E-state index in [1.54, 1.807) is 17.6 Å². The van der Waals surface area contributed by atoms with Crippen LogP contribution in [0.4, 0.5) is 0 Å². The van der Waals surface area contributed by atoms with E-state index in [4.69, 9.17) is 4.42 Å². The number of benzene rings is 1. The number of oxazole rings is 1. The van der Waals surface area contributed by atoms with Gasteiger partial charge in [-0.3, -0.25) is 0 Å². The lowest BCUT2D eigenvalue weighted by Crippen LogP contribution is -2.38. The highest BCUT2D eigenvalue weighted by Crippen LogP contribution is 2.23. The molecule has 0 atom stereocenters. The van der Waals surface area contributed by atoms with Crippen molar-refractivity contribution in [3.63, 3.8) is 0 Å². The number of hydrogen-bond donors (Lipinski definition) is 3. The monoisotopic (exact) mass is 407 g/mol. The first-order valence-electron chi connectivity index (χ1n) is 9.80. The van der Waals surface area contributed by atoms with Crippen LogP contribution in [0.25, 0.3) is 21.7 Å². The van der Waals surface area contributed by atoms with E-state index >= 15 is 0 Å². The van der Waals surface area contributed by atoms with Crippen molar-refractivity contribution in [1.29, 1.82) is 0 Å². The molecule has 0 radical (unpaired) electrons. The van der Waals surface area contributed by atoms with Crippen LogP contribution in [0, 0.1) is 6.92 Å². The van der Waals surface area contributed by atoms with Gasteiger partial charge in [0.2, 0.25) is 5.89 Å². The van der Waals surface area contributed by atoms with Crippen molar-refractivity contribution in [2.45, 2.75) is 26.8 Å². The Balaban J connectivity index is 1.36. The summed E-state index contributed by atoms with van der Waals surface area (Å²) in [5, 5.41) is 9.99. The van der Waals surface area contributed by atoms with E-state index in [9.17, 15) is 0 Å². The van der Waals surface area contributed by atoms with Crippen LogP contribution < -0.4 is 10.6 Å². The molecule has 0 aliphatic carbocycles. The molecule has 0 saturated carbocycles. The Hall–Kier alpha value is -3.06. The molecule has 0 unspecified atom stereocenters. The summed E-state index contributed by atoms with van der Waals surface area (Å²) in [7, 11) is 0. The molecule has 0 fully saturated rings. The second-order valence-corrected chi connectivity index (χ2v) is 7.80. The first-order chi connectivity index (χ1) is 14.2. The minimum Gasteiger partial charge on any atom is -0.443 e. The molecule has 4 rings (SSSR count). The molecule has 0 aliphatic rings. The lowest BCUT2D eigenvalue weighted by molar-refractivity contribution is 0.574. The van der Waals surface area contributed by atoms with E-state index in [1.807, 2.05) is 17.5 Å². The number of aryl methyl sites for hydroxylation is 1. The fraction of sp³-hybridized carbons (Fsp3) is 0.273. The maximum Gasteiger partial charge on any atom is 0.236 e. The van der Waals surface area contributed by atoms with Gasteiger partial charge in [0.15, 0.2) is 5.96 Å². The van der Waals surface area contributed by atoms with Crippen LogP contribution >= 0.6 is 11.3 Å². The number of H-pyrrole nitrogens is 1. The molecule has 3 N–H and O–H groups in total. The summed E-state index contributed by atoms with van der Waals surface area (Å²) in [6.45, 7) is 6.24.